The Morgan fingerprint density at radius 3 is 2.70 bits per heavy atom. The molecule has 1 saturated heterocycles. The number of anilines is 2. The molecule has 2 heterocycles. The molecule has 3 rings (SSSR count). The van der Waals surface area contributed by atoms with Gasteiger partial charge in [0.15, 0.2) is 5.16 Å². The van der Waals surface area contributed by atoms with Crippen LogP contribution < -0.4 is 10.2 Å². The first-order chi connectivity index (χ1) is 13.1. The number of benzene rings is 1. The molecule has 0 saturated carbocycles. The smallest absolute Gasteiger partial charge is 0.234 e. The third-order valence-electron chi connectivity index (χ3n) is 4.50. The van der Waals surface area contributed by atoms with E-state index in [9.17, 15) is 4.79 Å². The number of aromatic nitrogens is 3. The number of nitrogens with one attached hydrogen (secondary N) is 1. The van der Waals surface area contributed by atoms with Gasteiger partial charge >= 0.3 is 0 Å². The fourth-order valence-electron chi connectivity index (χ4n) is 3.09. The van der Waals surface area contributed by atoms with E-state index in [0.717, 1.165) is 42.0 Å². The number of amides is 1. The van der Waals surface area contributed by atoms with Gasteiger partial charge in [0.1, 0.15) is 0 Å². The van der Waals surface area contributed by atoms with Crippen LogP contribution in [0.15, 0.2) is 29.4 Å². The molecule has 1 aliphatic heterocycles. The Morgan fingerprint density at radius 2 is 2.00 bits per heavy atom. The number of carbonyl (C=O) groups excluding carboxylic acids is 1. The molecule has 1 aliphatic rings. The van der Waals surface area contributed by atoms with Gasteiger partial charge in [-0.05, 0) is 24.5 Å². The highest BCUT2D eigenvalue weighted by Gasteiger charge is 2.20. The van der Waals surface area contributed by atoms with Gasteiger partial charge in [-0.15, -0.1) is 10.2 Å². The number of thioether (sulfide) groups is 1. The number of ether oxygens (including phenoxy) is 1. The fourth-order valence-corrected chi connectivity index (χ4v) is 3.89. The Kier molecular flexibility index (Phi) is 6.73. The van der Waals surface area contributed by atoms with Gasteiger partial charge in [-0.2, -0.15) is 0 Å². The van der Waals surface area contributed by atoms with Crippen LogP contribution >= 0.6 is 11.8 Å². The van der Waals surface area contributed by atoms with Crippen LogP contribution in [0, 0.1) is 0 Å². The van der Waals surface area contributed by atoms with E-state index in [1.165, 1.54) is 11.8 Å². The molecule has 0 radical (unpaired) electrons. The molecule has 1 amide bonds. The molecular formula is C19H27N5O2S. The van der Waals surface area contributed by atoms with Crippen molar-refractivity contribution in [3.63, 3.8) is 0 Å². The van der Waals surface area contributed by atoms with Crippen molar-refractivity contribution in [3.05, 3.63) is 29.8 Å². The van der Waals surface area contributed by atoms with Crippen LogP contribution in [0.4, 0.5) is 11.6 Å². The number of hydrogen-bond donors (Lipinski definition) is 1. The quantitative estimate of drug-likeness (QED) is 0.734. The molecule has 0 atom stereocenters. The Bertz CT molecular complexity index is 771. The molecule has 146 valence electrons. The van der Waals surface area contributed by atoms with Gasteiger partial charge in [-0.3, -0.25) is 9.36 Å². The van der Waals surface area contributed by atoms with Crippen molar-refractivity contribution >= 4 is 29.3 Å². The van der Waals surface area contributed by atoms with Gasteiger partial charge in [-0.25, -0.2) is 0 Å². The minimum absolute atomic E-state index is 0.0355. The Hall–Kier alpha value is -2.06. The maximum absolute atomic E-state index is 12.5. The lowest BCUT2D eigenvalue weighted by Crippen LogP contribution is -2.38. The molecule has 1 fully saturated rings. The summed E-state index contributed by atoms with van der Waals surface area (Å²) in [5, 5.41) is 12.4. The minimum atomic E-state index is -0.0355. The second-order valence-corrected chi connectivity index (χ2v) is 7.65. The predicted octanol–water partition coefficient (Wildman–Crippen LogP) is 2.99. The number of morpholine rings is 1. The Morgan fingerprint density at radius 1 is 1.26 bits per heavy atom. The zero-order valence-electron chi connectivity index (χ0n) is 16.1. The average Bonchev–Trinajstić information content (AvgIpc) is 3.10. The van der Waals surface area contributed by atoms with Gasteiger partial charge in [0, 0.05) is 25.3 Å². The molecule has 1 aromatic heterocycles. The number of nitrogens with zero attached hydrogens (tertiary/aromatic N) is 4. The first-order valence-electron chi connectivity index (χ1n) is 9.37. The standard InChI is InChI=1S/C19H27N5O2S/c1-4-24-18(23-9-11-26-12-10-23)21-22-19(24)27-13-17(25)20-16-8-6-5-7-15(16)14(2)3/h5-8,14H,4,9-13H2,1-3H3,(H,20,25). The second-order valence-electron chi connectivity index (χ2n) is 6.71. The van der Waals surface area contributed by atoms with Crippen LogP contribution in [0.1, 0.15) is 32.3 Å². The van der Waals surface area contributed by atoms with Crippen LogP contribution in [-0.2, 0) is 16.1 Å². The van der Waals surface area contributed by atoms with Crippen LogP contribution in [0.5, 0.6) is 0 Å². The van der Waals surface area contributed by atoms with Crippen LogP contribution in [-0.4, -0.2) is 52.7 Å². The summed E-state index contributed by atoms with van der Waals surface area (Å²) >= 11 is 1.42. The van der Waals surface area contributed by atoms with Crippen LogP contribution in [0.2, 0.25) is 0 Å². The summed E-state index contributed by atoms with van der Waals surface area (Å²) in [5.41, 5.74) is 2.02. The highest BCUT2D eigenvalue weighted by molar-refractivity contribution is 7.99. The number of rotatable bonds is 7. The zero-order chi connectivity index (χ0) is 19.2. The third-order valence-corrected chi connectivity index (χ3v) is 5.46. The van der Waals surface area contributed by atoms with E-state index in [-0.39, 0.29) is 5.91 Å². The maximum Gasteiger partial charge on any atom is 0.234 e. The molecule has 27 heavy (non-hydrogen) atoms. The molecule has 1 aromatic carbocycles. The highest BCUT2D eigenvalue weighted by atomic mass is 32.2. The molecule has 8 heteroatoms. The van der Waals surface area contributed by atoms with Gasteiger partial charge in [0.05, 0.1) is 19.0 Å². The second kappa shape index (κ2) is 9.23. The van der Waals surface area contributed by atoms with E-state index in [1.807, 2.05) is 18.2 Å². The molecule has 0 bridgehead atoms. The van der Waals surface area contributed by atoms with Crippen LogP contribution in [0.3, 0.4) is 0 Å². The summed E-state index contributed by atoms with van der Waals surface area (Å²) in [5.74, 6) is 1.47. The number of para-hydroxylation sites is 1. The first-order valence-corrected chi connectivity index (χ1v) is 10.4. The van der Waals surface area contributed by atoms with Crippen molar-refractivity contribution in [3.8, 4) is 0 Å². The van der Waals surface area contributed by atoms with Crippen molar-refractivity contribution in [1.82, 2.24) is 14.8 Å². The summed E-state index contributed by atoms with van der Waals surface area (Å²) in [7, 11) is 0. The van der Waals surface area contributed by atoms with E-state index < -0.39 is 0 Å². The zero-order valence-corrected chi connectivity index (χ0v) is 17.0. The highest BCUT2D eigenvalue weighted by Crippen LogP contribution is 2.25. The normalized spacial score (nSPS) is 14.6. The Labute approximate surface area is 164 Å². The van der Waals surface area contributed by atoms with Crippen molar-refractivity contribution in [2.45, 2.75) is 38.4 Å². The van der Waals surface area contributed by atoms with Gasteiger partial charge < -0.3 is 15.0 Å². The van der Waals surface area contributed by atoms with Gasteiger partial charge in [-0.1, -0.05) is 43.8 Å². The summed E-state index contributed by atoms with van der Waals surface area (Å²) < 4.78 is 7.47. The molecule has 0 aliphatic carbocycles. The molecule has 7 nitrogen and oxygen atoms in total. The van der Waals surface area contributed by atoms with Crippen molar-refractivity contribution in [2.75, 3.05) is 42.3 Å². The topological polar surface area (TPSA) is 72.3 Å². The minimum Gasteiger partial charge on any atom is -0.378 e. The Balaban J connectivity index is 1.63. The molecule has 0 unspecified atom stereocenters. The fraction of sp³-hybridized carbons (Fsp3) is 0.526. The van der Waals surface area contributed by atoms with Gasteiger partial charge in [0.25, 0.3) is 0 Å². The first kappa shape index (κ1) is 19.7. The lowest BCUT2D eigenvalue weighted by molar-refractivity contribution is -0.113. The molecular weight excluding hydrogens is 362 g/mol. The maximum atomic E-state index is 12.5. The lowest BCUT2D eigenvalue weighted by Gasteiger charge is -2.27. The molecule has 1 N–H and O–H groups in total. The third kappa shape index (κ3) is 4.81. The van der Waals surface area contributed by atoms with Crippen molar-refractivity contribution in [2.24, 2.45) is 0 Å². The van der Waals surface area contributed by atoms with E-state index in [0.29, 0.717) is 24.9 Å². The average molecular weight is 390 g/mol. The number of carbonyl (C=O) groups is 1. The number of hydrogen-bond acceptors (Lipinski definition) is 6. The summed E-state index contributed by atoms with van der Waals surface area (Å²) in [4.78, 5) is 14.6. The summed E-state index contributed by atoms with van der Waals surface area (Å²) in [6.07, 6.45) is 0. The predicted molar refractivity (Wildman–Crippen MR) is 109 cm³/mol. The SMILES string of the molecule is CCn1c(SCC(=O)Nc2ccccc2C(C)C)nnc1N1CCOCC1. The largest absolute Gasteiger partial charge is 0.378 e. The monoisotopic (exact) mass is 389 g/mol. The molecule has 0 spiro atoms. The van der Waals surface area contributed by atoms with Crippen molar-refractivity contribution < 1.29 is 9.53 Å². The molecule has 2 aromatic rings. The van der Waals surface area contributed by atoms with E-state index >= 15 is 0 Å². The lowest BCUT2D eigenvalue weighted by atomic mass is 10.0. The van der Waals surface area contributed by atoms with E-state index in [1.54, 1.807) is 0 Å². The van der Waals surface area contributed by atoms with Gasteiger partial charge in [0.2, 0.25) is 11.9 Å². The summed E-state index contributed by atoms with van der Waals surface area (Å²) in [6, 6.07) is 7.94. The van der Waals surface area contributed by atoms with Crippen LogP contribution in [0.25, 0.3) is 0 Å². The van der Waals surface area contributed by atoms with E-state index in [4.69, 9.17) is 4.74 Å². The summed E-state index contributed by atoms with van der Waals surface area (Å²) in [6.45, 7) is 10.1. The van der Waals surface area contributed by atoms with Crippen molar-refractivity contribution in [1.29, 1.82) is 0 Å². The van der Waals surface area contributed by atoms with E-state index in [2.05, 4.69) is 51.8 Å².